The van der Waals surface area contributed by atoms with Crippen LogP contribution in [0.15, 0.2) is 23.5 Å². The number of carbonyl (C=O) groups excluding carboxylic acids is 4. The van der Waals surface area contributed by atoms with Gasteiger partial charge < -0.3 is 33.9 Å². The Morgan fingerprint density at radius 2 is 1.85 bits per heavy atom. The number of ketones is 2. The van der Waals surface area contributed by atoms with Crippen molar-refractivity contribution in [2.45, 2.75) is 107 Å². The van der Waals surface area contributed by atoms with E-state index in [4.69, 9.17) is 23.7 Å². The summed E-state index contributed by atoms with van der Waals surface area (Å²) >= 11 is 0. The first kappa shape index (κ1) is 26.5. The van der Waals surface area contributed by atoms with Gasteiger partial charge in [-0.1, -0.05) is 13.8 Å². The van der Waals surface area contributed by atoms with Crippen molar-refractivity contribution < 1.29 is 53.1 Å². The molecule has 0 amide bonds. The second-order valence-corrected chi connectivity index (χ2v) is 13.6. The van der Waals surface area contributed by atoms with E-state index in [1.807, 2.05) is 13.8 Å². The van der Waals surface area contributed by atoms with Gasteiger partial charge in [-0.15, -0.1) is 0 Å². The summed E-state index contributed by atoms with van der Waals surface area (Å²) in [4.78, 5) is 52.3. The molecule has 0 saturated carbocycles. The summed E-state index contributed by atoms with van der Waals surface area (Å²) in [5.74, 6) is -8.54. The molecular formula is C29H34O11. The van der Waals surface area contributed by atoms with E-state index in [-0.39, 0.29) is 43.6 Å². The maximum atomic E-state index is 14.0. The van der Waals surface area contributed by atoms with Crippen LogP contribution in [-0.2, 0) is 42.9 Å². The topological polar surface area (TPSA) is 155 Å². The molecule has 4 bridgehead atoms. The second kappa shape index (κ2) is 7.49. The maximum absolute atomic E-state index is 14.0. The van der Waals surface area contributed by atoms with Gasteiger partial charge in [-0.2, -0.15) is 0 Å². The van der Waals surface area contributed by atoms with E-state index in [9.17, 15) is 29.4 Å². The fourth-order valence-corrected chi connectivity index (χ4v) is 9.05. The Morgan fingerprint density at radius 3 is 2.52 bits per heavy atom. The number of allylic oxidation sites excluding steroid dienone is 2. The van der Waals surface area contributed by atoms with Crippen LogP contribution in [0.25, 0.3) is 0 Å². The van der Waals surface area contributed by atoms with E-state index in [1.54, 1.807) is 32.9 Å². The molecule has 6 saturated heterocycles. The predicted octanol–water partition coefficient (Wildman–Crippen LogP) is 1.38. The SMILES string of the molecule is CC1=C/C(=C\[C@H](C)C(=O)[C@@]2(C)CC[C@@]34O[C@](O)(C2)C(=O)[C@@H]3[C@H]2C[C@H]3C(C)(C)O[C@@H]5CC(=O)O[C@@]53[C@]4(O)O2)OC1=O. The van der Waals surface area contributed by atoms with E-state index >= 15 is 0 Å². The van der Waals surface area contributed by atoms with Gasteiger partial charge in [0.25, 0.3) is 0 Å². The number of hydrogen-bond acceptors (Lipinski definition) is 11. The molecule has 6 fully saturated rings. The van der Waals surface area contributed by atoms with Crippen LogP contribution in [0.2, 0.25) is 0 Å². The lowest BCUT2D eigenvalue weighted by Gasteiger charge is -2.52. The molecule has 11 nitrogen and oxygen atoms in total. The Balaban J connectivity index is 1.28. The molecule has 7 rings (SSSR count). The highest BCUT2D eigenvalue weighted by molar-refractivity contribution is 5.96. The molecule has 0 aromatic carbocycles. The van der Waals surface area contributed by atoms with Gasteiger partial charge in [0, 0.05) is 29.2 Å². The maximum Gasteiger partial charge on any atom is 0.339 e. The van der Waals surface area contributed by atoms with E-state index in [2.05, 4.69) is 0 Å². The Morgan fingerprint density at radius 1 is 1.12 bits per heavy atom. The fraction of sp³-hybridized carbons (Fsp3) is 0.724. The zero-order chi connectivity index (χ0) is 28.8. The Kier molecular flexibility index (Phi) is 4.95. The van der Waals surface area contributed by atoms with Crippen molar-refractivity contribution >= 4 is 23.5 Å². The molecule has 10 atom stereocenters. The summed E-state index contributed by atoms with van der Waals surface area (Å²) in [5, 5.41) is 24.3. The Hall–Kier alpha value is -2.44. The monoisotopic (exact) mass is 558 g/mol. The summed E-state index contributed by atoms with van der Waals surface area (Å²) in [7, 11) is 0. The number of carbonyl (C=O) groups is 4. The third-order valence-corrected chi connectivity index (χ3v) is 10.7. The van der Waals surface area contributed by atoms with Crippen molar-refractivity contribution in [1.29, 1.82) is 0 Å². The van der Waals surface area contributed by atoms with Crippen molar-refractivity contribution in [3.63, 3.8) is 0 Å². The van der Waals surface area contributed by atoms with Crippen molar-refractivity contribution in [3.8, 4) is 0 Å². The number of cyclic esters (lactones) is 1. The number of esters is 2. The van der Waals surface area contributed by atoms with Gasteiger partial charge in [-0.3, -0.25) is 14.4 Å². The van der Waals surface area contributed by atoms with Gasteiger partial charge >= 0.3 is 11.9 Å². The van der Waals surface area contributed by atoms with Gasteiger partial charge in [0.15, 0.2) is 0 Å². The summed E-state index contributed by atoms with van der Waals surface area (Å²) in [5.41, 5.74) is -5.00. The van der Waals surface area contributed by atoms with Gasteiger partial charge in [0.2, 0.25) is 23.0 Å². The van der Waals surface area contributed by atoms with Crippen molar-refractivity contribution in [2.24, 2.45) is 23.2 Å². The first-order valence-corrected chi connectivity index (χ1v) is 14.0. The third kappa shape index (κ3) is 2.87. The lowest BCUT2D eigenvalue weighted by Crippen LogP contribution is -2.73. The van der Waals surface area contributed by atoms with Crippen LogP contribution in [0.1, 0.15) is 66.7 Å². The van der Waals surface area contributed by atoms with Crippen LogP contribution >= 0.6 is 0 Å². The molecule has 7 aliphatic rings. The van der Waals surface area contributed by atoms with Crippen LogP contribution in [-0.4, -0.2) is 74.3 Å². The van der Waals surface area contributed by atoms with E-state index < -0.39 is 81.5 Å². The zero-order valence-electron chi connectivity index (χ0n) is 23.1. The minimum absolute atomic E-state index is 0.00257. The van der Waals surface area contributed by atoms with E-state index in [0.29, 0.717) is 5.57 Å². The molecule has 7 heterocycles. The molecule has 7 aliphatic heterocycles. The van der Waals surface area contributed by atoms with E-state index in [0.717, 1.165) is 0 Å². The summed E-state index contributed by atoms with van der Waals surface area (Å²) in [6.07, 6.45) is 1.49. The number of hydrogen-bond donors (Lipinski definition) is 2. The van der Waals surface area contributed by atoms with E-state index in [1.165, 1.54) is 0 Å². The molecule has 0 unspecified atom stereocenters. The second-order valence-electron chi connectivity index (χ2n) is 13.6. The molecule has 0 aliphatic carbocycles. The standard InChI is InChI=1S/C29H34O11/c1-13(8-15-9-14(2)23(33)36-15)21(31)25(5)6-7-26-20(22(32)27(34,12-25)40-26)16-10-17-24(3,4)38-18-11-19(30)39-28(17,18)29(26,35)37-16/h8-9,13,16-18,20,34-35H,6-7,10-12H2,1-5H3/b15-8+/t13-,16+,17-,18+,20-,25-,26+,27+,28+,29+/m0/s1. The molecule has 0 radical (unpaired) electrons. The lowest BCUT2D eigenvalue weighted by atomic mass is 9.63. The first-order chi connectivity index (χ1) is 18.5. The van der Waals surface area contributed by atoms with Crippen LogP contribution in [0, 0.1) is 23.2 Å². The Bertz CT molecular complexity index is 1350. The van der Waals surface area contributed by atoms with Crippen LogP contribution in [0.3, 0.4) is 0 Å². The normalized spacial score (nSPS) is 51.5. The zero-order valence-corrected chi connectivity index (χ0v) is 23.1. The van der Waals surface area contributed by atoms with Crippen molar-refractivity contribution in [1.82, 2.24) is 0 Å². The molecule has 40 heavy (non-hydrogen) atoms. The van der Waals surface area contributed by atoms with Gasteiger partial charge in [-0.25, -0.2) is 4.79 Å². The molecule has 2 spiro atoms. The van der Waals surface area contributed by atoms with Gasteiger partial charge in [-0.05, 0) is 52.2 Å². The fourth-order valence-electron chi connectivity index (χ4n) is 9.05. The number of rotatable bonds is 3. The van der Waals surface area contributed by atoms with Crippen molar-refractivity contribution in [2.75, 3.05) is 0 Å². The molecule has 11 heteroatoms. The van der Waals surface area contributed by atoms with Crippen molar-refractivity contribution in [3.05, 3.63) is 23.5 Å². The molecule has 216 valence electrons. The van der Waals surface area contributed by atoms with Crippen LogP contribution in [0.4, 0.5) is 0 Å². The summed E-state index contributed by atoms with van der Waals surface area (Å²) in [6, 6.07) is 0. The minimum atomic E-state index is -2.36. The largest absolute Gasteiger partial charge is 0.450 e. The Labute approximate surface area is 230 Å². The molecule has 2 N–H and O–H groups in total. The number of Topliss-reactive ketones (excluding diaryl/α,β-unsaturated/α-hetero) is 2. The highest BCUT2D eigenvalue weighted by atomic mass is 16.7. The predicted molar refractivity (Wildman–Crippen MR) is 132 cm³/mol. The minimum Gasteiger partial charge on any atom is -0.450 e. The van der Waals surface area contributed by atoms with Crippen LogP contribution < -0.4 is 0 Å². The molecular weight excluding hydrogens is 524 g/mol. The number of aliphatic hydroxyl groups is 2. The average molecular weight is 559 g/mol. The lowest BCUT2D eigenvalue weighted by molar-refractivity contribution is -0.389. The smallest absolute Gasteiger partial charge is 0.339 e. The molecule has 0 aromatic rings. The highest BCUT2D eigenvalue weighted by Crippen LogP contribution is 2.72. The first-order valence-electron chi connectivity index (χ1n) is 14.0. The third-order valence-electron chi connectivity index (χ3n) is 10.7. The number of fused-ring (bicyclic) bond motifs is 4. The number of ether oxygens (including phenoxy) is 5. The van der Waals surface area contributed by atoms with Crippen LogP contribution in [0.5, 0.6) is 0 Å². The highest BCUT2D eigenvalue weighted by Gasteiger charge is 2.91. The van der Waals surface area contributed by atoms with Gasteiger partial charge in [0.1, 0.15) is 23.2 Å². The average Bonchev–Trinajstić information content (AvgIpc) is 3.50. The quantitative estimate of drug-likeness (QED) is 0.483. The molecule has 0 aromatic heterocycles. The summed E-state index contributed by atoms with van der Waals surface area (Å²) in [6.45, 7) is 8.67. The summed E-state index contributed by atoms with van der Waals surface area (Å²) < 4.78 is 29.9. The van der Waals surface area contributed by atoms with Gasteiger partial charge in [0.05, 0.1) is 24.0 Å².